The van der Waals surface area contributed by atoms with Gasteiger partial charge in [-0.1, -0.05) is 11.6 Å². The van der Waals surface area contributed by atoms with Crippen LogP contribution in [-0.2, 0) is 4.74 Å². The number of hydrogen-bond acceptors (Lipinski definition) is 4. The van der Waals surface area contributed by atoms with Crippen molar-refractivity contribution in [2.45, 2.75) is 12.5 Å². The molecule has 1 fully saturated rings. The monoisotopic (exact) mass is 361 g/mol. The molecule has 1 saturated heterocycles. The van der Waals surface area contributed by atoms with Crippen molar-refractivity contribution < 1.29 is 13.9 Å². The number of benzene rings is 1. The lowest BCUT2D eigenvalue weighted by molar-refractivity contribution is 0.0220. The summed E-state index contributed by atoms with van der Waals surface area (Å²) in [4.78, 5) is 0. The SMILES string of the molecule is Cl.NC1CCOCC1COc1ccc(-n2cc(Cl)cn2)cc1F. The van der Waals surface area contributed by atoms with Crippen LogP contribution in [0, 0.1) is 11.7 Å². The van der Waals surface area contributed by atoms with Crippen LogP contribution in [0.3, 0.4) is 0 Å². The van der Waals surface area contributed by atoms with Crippen LogP contribution < -0.4 is 10.5 Å². The van der Waals surface area contributed by atoms with Crippen molar-refractivity contribution in [2.75, 3.05) is 19.8 Å². The first kappa shape index (κ1) is 18.0. The lowest BCUT2D eigenvalue weighted by atomic mass is 9.98. The van der Waals surface area contributed by atoms with E-state index < -0.39 is 5.82 Å². The molecule has 126 valence electrons. The van der Waals surface area contributed by atoms with Gasteiger partial charge in [0.05, 0.1) is 30.1 Å². The van der Waals surface area contributed by atoms with Gasteiger partial charge in [-0.15, -0.1) is 12.4 Å². The Labute approximate surface area is 144 Å². The van der Waals surface area contributed by atoms with E-state index in [0.717, 1.165) is 6.42 Å². The van der Waals surface area contributed by atoms with Crippen molar-refractivity contribution in [1.82, 2.24) is 9.78 Å². The average molecular weight is 362 g/mol. The summed E-state index contributed by atoms with van der Waals surface area (Å²) in [5.74, 6) is -0.174. The van der Waals surface area contributed by atoms with E-state index in [1.807, 2.05) is 0 Å². The zero-order valence-corrected chi connectivity index (χ0v) is 13.9. The molecule has 2 aromatic rings. The molecule has 0 radical (unpaired) electrons. The summed E-state index contributed by atoms with van der Waals surface area (Å²) >= 11 is 5.81. The Bertz CT molecular complexity index is 653. The van der Waals surface area contributed by atoms with Gasteiger partial charge in [-0.25, -0.2) is 9.07 Å². The fourth-order valence-electron chi connectivity index (χ4n) is 2.37. The topological polar surface area (TPSA) is 62.3 Å². The molecule has 8 heteroatoms. The van der Waals surface area contributed by atoms with E-state index in [4.69, 9.17) is 26.8 Å². The zero-order chi connectivity index (χ0) is 15.5. The number of hydrogen-bond donors (Lipinski definition) is 1. The van der Waals surface area contributed by atoms with E-state index in [-0.39, 0.29) is 30.1 Å². The molecule has 0 saturated carbocycles. The Morgan fingerprint density at radius 1 is 1.48 bits per heavy atom. The molecule has 0 spiro atoms. The number of aromatic nitrogens is 2. The quantitative estimate of drug-likeness (QED) is 0.909. The van der Waals surface area contributed by atoms with Crippen molar-refractivity contribution in [3.63, 3.8) is 0 Å². The molecule has 1 aliphatic heterocycles. The van der Waals surface area contributed by atoms with Crippen LogP contribution >= 0.6 is 24.0 Å². The Balaban J connectivity index is 0.00000192. The van der Waals surface area contributed by atoms with E-state index in [1.165, 1.54) is 16.9 Å². The first-order chi connectivity index (χ1) is 10.6. The van der Waals surface area contributed by atoms with Gasteiger partial charge in [0.15, 0.2) is 11.6 Å². The van der Waals surface area contributed by atoms with Crippen molar-refractivity contribution in [2.24, 2.45) is 11.7 Å². The fourth-order valence-corrected chi connectivity index (χ4v) is 2.51. The van der Waals surface area contributed by atoms with Crippen molar-refractivity contribution in [3.8, 4) is 11.4 Å². The molecule has 0 aliphatic carbocycles. The summed E-state index contributed by atoms with van der Waals surface area (Å²) in [5.41, 5.74) is 6.58. The summed E-state index contributed by atoms with van der Waals surface area (Å²) in [6.07, 6.45) is 3.90. The molecular formula is C15H18Cl2FN3O2. The molecule has 2 atom stereocenters. The minimum absolute atomic E-state index is 0. The van der Waals surface area contributed by atoms with Gasteiger partial charge in [0.25, 0.3) is 0 Å². The van der Waals surface area contributed by atoms with E-state index in [1.54, 1.807) is 18.3 Å². The highest BCUT2D eigenvalue weighted by Crippen LogP contribution is 2.23. The normalized spacial score (nSPS) is 20.8. The molecule has 0 amide bonds. The highest BCUT2D eigenvalue weighted by Gasteiger charge is 2.23. The molecule has 0 bridgehead atoms. The molecular weight excluding hydrogens is 344 g/mol. The number of rotatable bonds is 4. The smallest absolute Gasteiger partial charge is 0.167 e. The van der Waals surface area contributed by atoms with Gasteiger partial charge in [0, 0.05) is 30.8 Å². The maximum absolute atomic E-state index is 14.1. The molecule has 1 aromatic carbocycles. The van der Waals surface area contributed by atoms with Crippen LogP contribution in [0.1, 0.15) is 6.42 Å². The molecule has 1 aromatic heterocycles. The minimum Gasteiger partial charge on any atom is -0.490 e. The van der Waals surface area contributed by atoms with Gasteiger partial charge in [-0.3, -0.25) is 0 Å². The number of nitrogens with two attached hydrogens (primary N) is 1. The van der Waals surface area contributed by atoms with Crippen molar-refractivity contribution in [3.05, 3.63) is 41.4 Å². The van der Waals surface area contributed by atoms with Crippen LogP contribution in [0.15, 0.2) is 30.6 Å². The Hall–Kier alpha value is -1.34. The van der Waals surface area contributed by atoms with Crippen molar-refractivity contribution >= 4 is 24.0 Å². The van der Waals surface area contributed by atoms with Crippen LogP contribution in [0.5, 0.6) is 5.75 Å². The van der Waals surface area contributed by atoms with Crippen LogP contribution in [0.2, 0.25) is 5.02 Å². The summed E-state index contributed by atoms with van der Waals surface area (Å²) in [6.45, 7) is 1.56. The van der Waals surface area contributed by atoms with Crippen LogP contribution in [-0.4, -0.2) is 35.6 Å². The molecule has 2 N–H and O–H groups in total. The maximum atomic E-state index is 14.1. The number of nitrogens with zero attached hydrogens (tertiary/aromatic N) is 2. The summed E-state index contributed by atoms with van der Waals surface area (Å²) < 4.78 is 26.6. The maximum Gasteiger partial charge on any atom is 0.167 e. The first-order valence-corrected chi connectivity index (χ1v) is 7.47. The van der Waals surface area contributed by atoms with Gasteiger partial charge >= 0.3 is 0 Å². The second-order valence-electron chi connectivity index (χ2n) is 5.32. The van der Waals surface area contributed by atoms with E-state index in [2.05, 4.69) is 5.10 Å². The largest absolute Gasteiger partial charge is 0.490 e. The number of halogens is 3. The van der Waals surface area contributed by atoms with Gasteiger partial charge in [-0.05, 0) is 18.6 Å². The zero-order valence-electron chi connectivity index (χ0n) is 12.3. The molecule has 5 nitrogen and oxygen atoms in total. The van der Waals surface area contributed by atoms with Gasteiger partial charge in [0.1, 0.15) is 0 Å². The second-order valence-corrected chi connectivity index (χ2v) is 5.75. The van der Waals surface area contributed by atoms with Gasteiger partial charge in [-0.2, -0.15) is 5.10 Å². The van der Waals surface area contributed by atoms with Crippen LogP contribution in [0.25, 0.3) is 5.69 Å². The lowest BCUT2D eigenvalue weighted by Gasteiger charge is -2.28. The van der Waals surface area contributed by atoms with Gasteiger partial charge in [0.2, 0.25) is 0 Å². The standard InChI is InChI=1S/C15H17ClFN3O2.ClH/c16-11-6-19-20(7-11)12-1-2-15(13(17)5-12)22-9-10-8-21-4-3-14(10)18;/h1-2,5-7,10,14H,3-4,8-9,18H2;1H. The predicted octanol–water partition coefficient (Wildman–Crippen LogP) is 2.83. The third-order valence-corrected chi connectivity index (χ3v) is 3.91. The fraction of sp³-hybridized carbons (Fsp3) is 0.400. The molecule has 2 unspecified atom stereocenters. The van der Waals surface area contributed by atoms with Crippen LogP contribution in [0.4, 0.5) is 4.39 Å². The van der Waals surface area contributed by atoms with E-state index >= 15 is 0 Å². The van der Waals surface area contributed by atoms with E-state index in [9.17, 15) is 4.39 Å². The van der Waals surface area contributed by atoms with Crippen molar-refractivity contribution in [1.29, 1.82) is 0 Å². The number of ether oxygens (including phenoxy) is 2. The summed E-state index contributed by atoms with van der Waals surface area (Å²) in [5, 5.41) is 4.52. The molecule has 23 heavy (non-hydrogen) atoms. The predicted molar refractivity (Wildman–Crippen MR) is 88.2 cm³/mol. The minimum atomic E-state index is -0.450. The van der Waals surface area contributed by atoms with Gasteiger partial charge < -0.3 is 15.2 Å². The summed E-state index contributed by atoms with van der Waals surface area (Å²) in [6, 6.07) is 4.69. The summed E-state index contributed by atoms with van der Waals surface area (Å²) in [7, 11) is 0. The molecule has 2 heterocycles. The lowest BCUT2D eigenvalue weighted by Crippen LogP contribution is -2.41. The molecule has 3 rings (SSSR count). The van der Waals surface area contributed by atoms with E-state index in [0.29, 0.717) is 30.5 Å². The Morgan fingerprint density at radius 2 is 2.30 bits per heavy atom. The highest BCUT2D eigenvalue weighted by atomic mass is 35.5. The third-order valence-electron chi connectivity index (χ3n) is 3.72. The average Bonchev–Trinajstić information content (AvgIpc) is 2.94. The Kier molecular flexibility index (Phi) is 6.24. The first-order valence-electron chi connectivity index (χ1n) is 7.09. The second kappa shape index (κ2) is 7.97. The Morgan fingerprint density at radius 3 is 2.96 bits per heavy atom. The highest BCUT2D eigenvalue weighted by molar-refractivity contribution is 6.30. The third kappa shape index (κ3) is 4.35. The molecule has 1 aliphatic rings.